The molecule has 0 aliphatic carbocycles. The van der Waals surface area contributed by atoms with E-state index in [2.05, 4.69) is 5.32 Å². The van der Waals surface area contributed by atoms with E-state index in [1.807, 2.05) is 6.07 Å². The van der Waals surface area contributed by atoms with E-state index in [9.17, 15) is 4.79 Å². The second-order valence-electron chi connectivity index (χ2n) is 4.14. The topological polar surface area (TPSA) is 82.8 Å². The van der Waals surface area contributed by atoms with E-state index in [1.54, 1.807) is 26.2 Å². The van der Waals surface area contributed by atoms with Gasteiger partial charge in [-0.25, -0.2) is 0 Å². The molecule has 0 bridgehead atoms. The van der Waals surface area contributed by atoms with Gasteiger partial charge in [-0.15, -0.1) is 0 Å². The van der Waals surface area contributed by atoms with Crippen molar-refractivity contribution in [1.82, 2.24) is 5.32 Å². The number of nitrogens with one attached hydrogen (secondary N) is 1. The van der Waals surface area contributed by atoms with Crippen molar-refractivity contribution in [3.63, 3.8) is 0 Å². The summed E-state index contributed by atoms with van der Waals surface area (Å²) in [5.74, 6) is 0.457. The van der Waals surface area contributed by atoms with Gasteiger partial charge in [-0.2, -0.15) is 0 Å². The van der Waals surface area contributed by atoms with Crippen molar-refractivity contribution >= 4 is 11.7 Å². The maximum Gasteiger partial charge on any atom is 0.319 e. The van der Waals surface area contributed by atoms with Crippen LogP contribution in [-0.4, -0.2) is 39.6 Å². The number of nitrogens with two attached hydrogens (primary N) is 1. The molecule has 6 nitrogen and oxygen atoms in total. The number of carbonyl (C=O) groups excluding carboxylic acids is 1. The Bertz CT molecular complexity index is 424. The normalized spacial score (nSPS) is 10.3. The first-order valence-electron chi connectivity index (χ1n) is 6.53. The van der Waals surface area contributed by atoms with Gasteiger partial charge in [-0.1, -0.05) is 0 Å². The second-order valence-corrected chi connectivity index (χ2v) is 4.14. The van der Waals surface area contributed by atoms with Gasteiger partial charge in [-0.05, 0) is 43.7 Å². The summed E-state index contributed by atoms with van der Waals surface area (Å²) in [6.45, 7) is 3.21. The Balaban J connectivity index is 2.40. The van der Waals surface area contributed by atoms with Crippen LogP contribution in [0.25, 0.3) is 0 Å². The molecule has 1 aromatic carbocycles. The minimum Gasteiger partial charge on any atom is -0.468 e. The van der Waals surface area contributed by atoms with Crippen LogP contribution in [0.2, 0.25) is 0 Å². The minimum absolute atomic E-state index is 0.199. The molecular formula is C14H22N2O4. The van der Waals surface area contributed by atoms with Gasteiger partial charge in [0.25, 0.3) is 0 Å². The number of methoxy groups -OCH3 is 1. The van der Waals surface area contributed by atoms with Crippen LogP contribution in [0, 0.1) is 0 Å². The fourth-order valence-electron chi connectivity index (χ4n) is 1.64. The van der Waals surface area contributed by atoms with E-state index in [-0.39, 0.29) is 19.3 Å². The summed E-state index contributed by atoms with van der Waals surface area (Å²) in [7, 11) is 1.57. The highest BCUT2D eigenvalue weighted by molar-refractivity contribution is 5.71. The Labute approximate surface area is 119 Å². The first-order chi connectivity index (χ1) is 9.67. The maximum absolute atomic E-state index is 11.2. The van der Waals surface area contributed by atoms with E-state index in [0.29, 0.717) is 31.0 Å². The van der Waals surface area contributed by atoms with Gasteiger partial charge in [0.2, 0.25) is 0 Å². The summed E-state index contributed by atoms with van der Waals surface area (Å²) in [6, 6.07) is 5.47. The Morgan fingerprint density at radius 3 is 2.90 bits per heavy atom. The predicted molar refractivity (Wildman–Crippen MR) is 76.6 cm³/mol. The average Bonchev–Trinajstić information content (AvgIpc) is 2.44. The summed E-state index contributed by atoms with van der Waals surface area (Å²) in [5.41, 5.74) is 7.57. The molecule has 0 saturated heterocycles. The van der Waals surface area contributed by atoms with Crippen molar-refractivity contribution in [1.29, 1.82) is 0 Å². The molecule has 0 spiro atoms. The molecule has 0 aliphatic rings. The van der Waals surface area contributed by atoms with Crippen molar-refractivity contribution in [3.05, 3.63) is 23.8 Å². The molecule has 0 amide bonds. The van der Waals surface area contributed by atoms with Crippen LogP contribution in [0.15, 0.2) is 18.2 Å². The first kappa shape index (κ1) is 16.3. The van der Waals surface area contributed by atoms with E-state index in [0.717, 1.165) is 5.56 Å². The number of rotatable bonds is 9. The Kier molecular flexibility index (Phi) is 7.46. The highest BCUT2D eigenvalue weighted by atomic mass is 16.7. The van der Waals surface area contributed by atoms with Gasteiger partial charge in [0.15, 0.2) is 6.79 Å². The zero-order chi connectivity index (χ0) is 14.8. The molecule has 0 aromatic heterocycles. The monoisotopic (exact) mass is 282 g/mol. The van der Waals surface area contributed by atoms with Crippen molar-refractivity contribution in [2.75, 3.05) is 39.3 Å². The summed E-state index contributed by atoms with van der Waals surface area (Å²) in [6.07, 6.45) is 0.704. The van der Waals surface area contributed by atoms with Crippen LogP contribution in [0.3, 0.4) is 0 Å². The summed E-state index contributed by atoms with van der Waals surface area (Å²) >= 11 is 0. The number of benzene rings is 1. The smallest absolute Gasteiger partial charge is 0.319 e. The predicted octanol–water partition coefficient (Wildman–Crippen LogP) is 0.947. The Morgan fingerprint density at radius 1 is 1.40 bits per heavy atom. The molecule has 112 valence electrons. The van der Waals surface area contributed by atoms with Gasteiger partial charge in [0.1, 0.15) is 5.75 Å². The van der Waals surface area contributed by atoms with Crippen molar-refractivity contribution < 1.29 is 19.0 Å². The maximum atomic E-state index is 11.2. The van der Waals surface area contributed by atoms with Crippen LogP contribution in [0.5, 0.6) is 5.75 Å². The lowest BCUT2D eigenvalue weighted by Crippen LogP contribution is -2.26. The van der Waals surface area contributed by atoms with Crippen LogP contribution in [0.4, 0.5) is 5.69 Å². The molecule has 1 aromatic rings. The molecule has 0 heterocycles. The molecule has 0 saturated carbocycles. The van der Waals surface area contributed by atoms with Crippen LogP contribution >= 0.6 is 0 Å². The van der Waals surface area contributed by atoms with Gasteiger partial charge >= 0.3 is 5.97 Å². The highest BCUT2D eigenvalue weighted by Crippen LogP contribution is 2.20. The van der Waals surface area contributed by atoms with Gasteiger partial charge in [0, 0.05) is 12.8 Å². The zero-order valence-electron chi connectivity index (χ0n) is 12.0. The fourth-order valence-corrected chi connectivity index (χ4v) is 1.64. The Morgan fingerprint density at radius 2 is 2.20 bits per heavy atom. The molecular weight excluding hydrogens is 260 g/mol. The summed E-state index contributed by atoms with van der Waals surface area (Å²) in [4.78, 5) is 11.2. The average molecular weight is 282 g/mol. The third kappa shape index (κ3) is 5.90. The molecule has 0 unspecified atom stereocenters. The second kappa shape index (κ2) is 9.17. The van der Waals surface area contributed by atoms with E-state index in [1.165, 1.54) is 0 Å². The molecule has 20 heavy (non-hydrogen) atoms. The molecule has 0 fully saturated rings. The molecule has 1 rings (SSSR count). The molecule has 3 N–H and O–H groups in total. The number of carbonyl (C=O) groups is 1. The highest BCUT2D eigenvalue weighted by Gasteiger charge is 2.04. The van der Waals surface area contributed by atoms with Crippen LogP contribution in [0.1, 0.15) is 12.5 Å². The minimum atomic E-state index is -0.252. The van der Waals surface area contributed by atoms with E-state index >= 15 is 0 Å². The molecule has 6 heteroatoms. The van der Waals surface area contributed by atoms with Crippen molar-refractivity contribution in [2.24, 2.45) is 0 Å². The van der Waals surface area contributed by atoms with Gasteiger partial charge in [-0.3, -0.25) is 4.79 Å². The van der Waals surface area contributed by atoms with Gasteiger partial charge < -0.3 is 25.3 Å². The van der Waals surface area contributed by atoms with Gasteiger partial charge in [0.05, 0.1) is 13.2 Å². The number of ether oxygens (including phenoxy) is 3. The first-order valence-corrected chi connectivity index (χ1v) is 6.53. The van der Waals surface area contributed by atoms with Crippen molar-refractivity contribution in [2.45, 2.75) is 13.3 Å². The number of anilines is 1. The molecule has 0 radical (unpaired) electrons. The number of nitrogen functional groups attached to an aromatic ring is 1. The fraction of sp³-hybridized carbons (Fsp3) is 0.500. The van der Waals surface area contributed by atoms with Crippen LogP contribution in [-0.2, 0) is 20.7 Å². The Hall–Kier alpha value is -1.79. The standard InChI is InChI=1S/C14H22N2O4/c1-3-19-14(17)9-16-7-6-11-8-12(20-10-18-2)4-5-13(11)15/h4-5,8,16H,3,6-7,9-10,15H2,1-2H3. The van der Waals surface area contributed by atoms with Crippen molar-refractivity contribution in [3.8, 4) is 5.75 Å². The lowest BCUT2D eigenvalue weighted by Gasteiger charge is -2.10. The largest absolute Gasteiger partial charge is 0.468 e. The third-order valence-corrected chi connectivity index (χ3v) is 2.60. The van der Waals surface area contributed by atoms with E-state index in [4.69, 9.17) is 19.9 Å². The molecule has 0 atom stereocenters. The number of hydrogen-bond acceptors (Lipinski definition) is 6. The lowest BCUT2D eigenvalue weighted by molar-refractivity contribution is -0.141. The quantitative estimate of drug-likeness (QED) is 0.304. The SMILES string of the molecule is CCOC(=O)CNCCc1cc(OCOC)ccc1N. The zero-order valence-corrected chi connectivity index (χ0v) is 12.0. The third-order valence-electron chi connectivity index (χ3n) is 2.60. The molecule has 0 aliphatic heterocycles. The summed E-state index contributed by atoms with van der Waals surface area (Å²) < 4.78 is 15.0. The number of hydrogen-bond donors (Lipinski definition) is 2. The summed E-state index contributed by atoms with van der Waals surface area (Å²) in [5, 5.41) is 3.01. The lowest BCUT2D eigenvalue weighted by atomic mass is 10.1. The van der Waals surface area contributed by atoms with E-state index < -0.39 is 0 Å². The number of esters is 1. The van der Waals surface area contributed by atoms with Crippen LogP contribution < -0.4 is 15.8 Å².